The number of benzene rings is 2. The van der Waals surface area contributed by atoms with Crippen LogP contribution in [0.15, 0.2) is 56.5 Å². The van der Waals surface area contributed by atoms with Gasteiger partial charge in [-0.3, -0.25) is 9.59 Å². The SMILES string of the molecule is O=C(Cn1c(=O)oc2ccccc2c1=O)Nc1ccc(C(=O)O)c(O)c1. The van der Waals surface area contributed by atoms with Gasteiger partial charge in [0.25, 0.3) is 5.56 Å². The highest BCUT2D eigenvalue weighted by atomic mass is 16.4. The van der Waals surface area contributed by atoms with Crippen LogP contribution in [0.5, 0.6) is 5.75 Å². The number of aromatic hydroxyl groups is 1. The largest absolute Gasteiger partial charge is 0.507 e. The molecule has 0 atom stereocenters. The van der Waals surface area contributed by atoms with Crippen LogP contribution in [0.4, 0.5) is 5.69 Å². The standard InChI is InChI=1S/C17H12N2O7/c20-12-7-9(5-6-10(12)16(23)24)18-14(21)8-19-15(22)11-3-1-2-4-13(11)26-17(19)25/h1-7,20H,8H2,(H,18,21)(H,23,24). The highest BCUT2D eigenvalue weighted by Gasteiger charge is 2.14. The van der Waals surface area contributed by atoms with Crippen LogP contribution in [0.2, 0.25) is 0 Å². The molecular weight excluding hydrogens is 344 g/mol. The molecule has 132 valence electrons. The number of anilines is 1. The molecular formula is C17H12N2O7. The third-order valence-corrected chi connectivity index (χ3v) is 3.59. The summed E-state index contributed by atoms with van der Waals surface area (Å²) in [5.41, 5.74) is -0.769. The monoisotopic (exact) mass is 356 g/mol. The molecule has 0 saturated carbocycles. The summed E-state index contributed by atoms with van der Waals surface area (Å²) in [7, 11) is 0. The molecule has 3 rings (SSSR count). The van der Waals surface area contributed by atoms with Gasteiger partial charge in [0.05, 0.1) is 5.39 Å². The summed E-state index contributed by atoms with van der Waals surface area (Å²) in [5.74, 6) is -3.55. The van der Waals surface area contributed by atoms with E-state index in [0.29, 0.717) is 4.57 Å². The molecule has 9 nitrogen and oxygen atoms in total. The second-order valence-electron chi connectivity index (χ2n) is 5.34. The zero-order valence-corrected chi connectivity index (χ0v) is 13.1. The van der Waals surface area contributed by atoms with E-state index >= 15 is 0 Å². The average Bonchev–Trinajstić information content (AvgIpc) is 2.58. The Hall–Kier alpha value is -3.88. The van der Waals surface area contributed by atoms with Crippen molar-refractivity contribution in [2.75, 3.05) is 5.32 Å². The van der Waals surface area contributed by atoms with E-state index in [1.807, 2.05) is 0 Å². The minimum Gasteiger partial charge on any atom is -0.507 e. The molecule has 3 aromatic rings. The molecule has 1 amide bonds. The number of aromatic carboxylic acids is 1. The Morgan fingerprint density at radius 1 is 1.12 bits per heavy atom. The maximum Gasteiger partial charge on any atom is 0.422 e. The predicted octanol–water partition coefficient (Wildman–Crippen LogP) is 0.997. The molecule has 0 aliphatic rings. The Morgan fingerprint density at radius 3 is 2.54 bits per heavy atom. The van der Waals surface area contributed by atoms with Gasteiger partial charge in [0.1, 0.15) is 23.4 Å². The molecule has 9 heteroatoms. The van der Waals surface area contributed by atoms with Crippen LogP contribution in [0.1, 0.15) is 10.4 Å². The van der Waals surface area contributed by atoms with Crippen molar-refractivity contribution in [1.29, 1.82) is 0 Å². The lowest BCUT2D eigenvalue weighted by atomic mass is 10.2. The van der Waals surface area contributed by atoms with Crippen LogP contribution < -0.4 is 16.6 Å². The molecule has 0 radical (unpaired) electrons. The van der Waals surface area contributed by atoms with E-state index in [0.717, 1.165) is 12.1 Å². The van der Waals surface area contributed by atoms with Crippen LogP contribution in [0.25, 0.3) is 11.0 Å². The van der Waals surface area contributed by atoms with Gasteiger partial charge in [0.15, 0.2) is 0 Å². The quantitative estimate of drug-likeness (QED) is 0.633. The Bertz CT molecular complexity index is 1140. The number of amides is 1. The van der Waals surface area contributed by atoms with E-state index in [9.17, 15) is 24.3 Å². The number of para-hydroxylation sites is 1. The molecule has 0 unspecified atom stereocenters. The van der Waals surface area contributed by atoms with Crippen LogP contribution in [-0.2, 0) is 11.3 Å². The number of aromatic nitrogens is 1. The first-order chi connectivity index (χ1) is 12.4. The Kier molecular flexibility index (Phi) is 4.27. The van der Waals surface area contributed by atoms with Gasteiger partial charge >= 0.3 is 11.7 Å². The van der Waals surface area contributed by atoms with Gasteiger partial charge in [-0.25, -0.2) is 14.2 Å². The van der Waals surface area contributed by atoms with Crippen molar-refractivity contribution in [1.82, 2.24) is 4.57 Å². The summed E-state index contributed by atoms with van der Waals surface area (Å²) in [6.07, 6.45) is 0. The number of rotatable bonds is 4. The normalized spacial score (nSPS) is 10.6. The van der Waals surface area contributed by atoms with Gasteiger partial charge in [-0.1, -0.05) is 12.1 Å². The smallest absolute Gasteiger partial charge is 0.422 e. The number of phenols is 1. The highest BCUT2D eigenvalue weighted by molar-refractivity contribution is 5.94. The molecule has 0 aliphatic heterocycles. The van der Waals surface area contributed by atoms with E-state index in [1.54, 1.807) is 12.1 Å². The number of nitrogens with one attached hydrogen (secondary N) is 1. The molecule has 1 heterocycles. The van der Waals surface area contributed by atoms with Gasteiger partial charge in [-0.2, -0.15) is 0 Å². The van der Waals surface area contributed by atoms with Crippen molar-refractivity contribution in [3.05, 3.63) is 68.9 Å². The van der Waals surface area contributed by atoms with Gasteiger partial charge in [0.2, 0.25) is 5.91 Å². The third-order valence-electron chi connectivity index (χ3n) is 3.59. The topological polar surface area (TPSA) is 139 Å². The third kappa shape index (κ3) is 3.18. The van der Waals surface area contributed by atoms with Crippen LogP contribution in [0.3, 0.4) is 0 Å². The number of carbonyl (C=O) groups excluding carboxylic acids is 1. The van der Waals surface area contributed by atoms with Crippen molar-refractivity contribution in [2.45, 2.75) is 6.54 Å². The molecule has 3 N–H and O–H groups in total. The molecule has 2 aromatic carbocycles. The molecule has 0 bridgehead atoms. The minimum atomic E-state index is -1.32. The fourth-order valence-corrected chi connectivity index (χ4v) is 2.38. The highest BCUT2D eigenvalue weighted by Crippen LogP contribution is 2.21. The van der Waals surface area contributed by atoms with Gasteiger partial charge in [-0.15, -0.1) is 0 Å². The van der Waals surface area contributed by atoms with E-state index in [2.05, 4.69) is 5.32 Å². The fraction of sp³-hybridized carbons (Fsp3) is 0.0588. The Morgan fingerprint density at radius 2 is 1.85 bits per heavy atom. The van der Waals surface area contributed by atoms with Crippen molar-refractivity contribution in [2.24, 2.45) is 0 Å². The van der Waals surface area contributed by atoms with Crippen molar-refractivity contribution in [3.8, 4) is 5.75 Å². The number of hydrogen-bond acceptors (Lipinski definition) is 6. The predicted molar refractivity (Wildman–Crippen MR) is 90.4 cm³/mol. The van der Waals surface area contributed by atoms with Crippen LogP contribution in [-0.4, -0.2) is 26.7 Å². The first-order valence-electron chi connectivity index (χ1n) is 7.35. The second-order valence-corrected chi connectivity index (χ2v) is 5.34. The summed E-state index contributed by atoms with van der Waals surface area (Å²) in [6, 6.07) is 9.58. The van der Waals surface area contributed by atoms with Crippen molar-refractivity contribution >= 4 is 28.5 Å². The molecule has 0 aliphatic carbocycles. The molecule has 26 heavy (non-hydrogen) atoms. The van der Waals surface area contributed by atoms with E-state index in [1.165, 1.54) is 18.2 Å². The number of nitrogens with zero attached hydrogens (tertiary/aromatic N) is 1. The maximum atomic E-state index is 12.3. The van der Waals surface area contributed by atoms with Crippen molar-refractivity contribution in [3.63, 3.8) is 0 Å². The molecule has 1 aromatic heterocycles. The van der Waals surface area contributed by atoms with Crippen LogP contribution in [0, 0.1) is 0 Å². The summed E-state index contributed by atoms with van der Waals surface area (Å²) >= 11 is 0. The van der Waals surface area contributed by atoms with Gasteiger partial charge in [-0.05, 0) is 24.3 Å². The van der Waals surface area contributed by atoms with E-state index in [4.69, 9.17) is 9.52 Å². The molecule has 0 spiro atoms. The number of carboxylic acid groups (broad SMARTS) is 1. The van der Waals surface area contributed by atoms with Gasteiger partial charge in [0, 0.05) is 11.8 Å². The number of fused-ring (bicyclic) bond motifs is 1. The summed E-state index contributed by atoms with van der Waals surface area (Å²) in [4.78, 5) is 47.2. The Balaban J connectivity index is 1.86. The summed E-state index contributed by atoms with van der Waals surface area (Å²) in [5, 5.41) is 21.0. The zero-order chi connectivity index (χ0) is 18.8. The lowest BCUT2D eigenvalue weighted by Gasteiger charge is -2.08. The molecule has 0 saturated heterocycles. The Labute approximate surface area is 144 Å². The number of hydrogen-bond donors (Lipinski definition) is 3. The zero-order valence-electron chi connectivity index (χ0n) is 13.1. The number of carboxylic acids is 1. The lowest BCUT2D eigenvalue weighted by Crippen LogP contribution is -2.36. The van der Waals surface area contributed by atoms with E-state index < -0.39 is 35.5 Å². The maximum absolute atomic E-state index is 12.3. The first-order valence-corrected chi connectivity index (χ1v) is 7.35. The van der Waals surface area contributed by atoms with Crippen molar-refractivity contribution < 1.29 is 24.2 Å². The first kappa shape index (κ1) is 17.0. The van der Waals surface area contributed by atoms with Gasteiger partial charge < -0.3 is 19.9 Å². The van der Waals surface area contributed by atoms with Crippen LogP contribution >= 0.6 is 0 Å². The van der Waals surface area contributed by atoms with E-state index in [-0.39, 0.29) is 22.2 Å². The molecule has 0 fully saturated rings. The second kappa shape index (κ2) is 6.55. The lowest BCUT2D eigenvalue weighted by molar-refractivity contribution is -0.116. The summed E-state index contributed by atoms with van der Waals surface area (Å²) < 4.78 is 5.65. The fourth-order valence-electron chi connectivity index (χ4n) is 2.38. The number of carbonyl (C=O) groups is 2. The minimum absolute atomic E-state index is 0.107. The summed E-state index contributed by atoms with van der Waals surface area (Å²) in [6.45, 7) is -0.604. The average molecular weight is 356 g/mol.